The molecule has 11 heteroatoms. The van der Waals surface area contributed by atoms with Crippen LogP contribution in [0, 0.1) is 0 Å². The number of aliphatic imine (C=N–C) groups is 1. The standard InChI is InChI=1S/C25H17BrCl2F3N3O2/c26-17-4-7-22(34-24(36)15-3-1-2-14(8-15)11-27)19(9-17)23(35)16(12-32)13-33-18-5-6-21(28)20(10-18)25(29,30)31/h1-10,12-13H,11,32H2,(H,34,36)/b16-12+,33-13?. The van der Waals surface area contributed by atoms with Gasteiger partial charge in [-0.15, -0.1) is 11.6 Å². The van der Waals surface area contributed by atoms with Gasteiger partial charge in [-0.2, -0.15) is 13.2 Å². The molecule has 0 saturated heterocycles. The summed E-state index contributed by atoms with van der Waals surface area (Å²) in [5, 5.41) is 2.22. The molecule has 0 spiro atoms. The molecular formula is C25H17BrCl2F3N3O2. The molecular weight excluding hydrogens is 582 g/mol. The molecule has 0 aliphatic rings. The van der Waals surface area contributed by atoms with Crippen molar-refractivity contribution in [2.75, 3.05) is 5.32 Å². The van der Waals surface area contributed by atoms with E-state index >= 15 is 0 Å². The molecule has 0 unspecified atom stereocenters. The van der Waals surface area contributed by atoms with E-state index in [9.17, 15) is 22.8 Å². The van der Waals surface area contributed by atoms with Gasteiger partial charge in [0.15, 0.2) is 5.78 Å². The second-order valence-corrected chi connectivity index (χ2v) is 8.94. The highest BCUT2D eigenvalue weighted by Gasteiger charge is 2.33. The van der Waals surface area contributed by atoms with Crippen LogP contribution >= 0.6 is 39.1 Å². The second-order valence-electron chi connectivity index (χ2n) is 7.35. The summed E-state index contributed by atoms with van der Waals surface area (Å²) < 4.78 is 39.9. The molecule has 0 radical (unpaired) electrons. The summed E-state index contributed by atoms with van der Waals surface area (Å²) >= 11 is 14.8. The quantitative estimate of drug-likeness (QED) is 0.127. The van der Waals surface area contributed by atoms with E-state index in [4.69, 9.17) is 28.9 Å². The number of rotatable bonds is 7. The topological polar surface area (TPSA) is 84.5 Å². The fourth-order valence-corrected chi connectivity index (χ4v) is 3.84. The Morgan fingerprint density at radius 2 is 1.83 bits per heavy atom. The number of alkyl halides is 4. The molecule has 0 aromatic heterocycles. The first kappa shape index (κ1) is 27.4. The number of nitrogens with one attached hydrogen (secondary N) is 1. The highest BCUT2D eigenvalue weighted by Crippen LogP contribution is 2.36. The van der Waals surface area contributed by atoms with Crippen molar-refractivity contribution < 1.29 is 22.8 Å². The summed E-state index contributed by atoms with van der Waals surface area (Å²) in [6.45, 7) is 0. The molecule has 36 heavy (non-hydrogen) atoms. The van der Waals surface area contributed by atoms with Gasteiger partial charge in [-0.05, 0) is 54.1 Å². The van der Waals surface area contributed by atoms with Gasteiger partial charge >= 0.3 is 6.18 Å². The molecule has 1 amide bonds. The third kappa shape index (κ3) is 6.75. The predicted octanol–water partition coefficient (Wildman–Crippen LogP) is 7.54. The first-order valence-corrected chi connectivity index (χ1v) is 11.9. The van der Waals surface area contributed by atoms with Crippen molar-refractivity contribution in [2.24, 2.45) is 10.7 Å². The number of nitrogens with zero attached hydrogens (tertiary/aromatic N) is 1. The molecule has 3 N–H and O–H groups in total. The number of carbonyl (C=O) groups is 2. The van der Waals surface area contributed by atoms with E-state index in [1.165, 1.54) is 18.2 Å². The van der Waals surface area contributed by atoms with Gasteiger partial charge in [0.25, 0.3) is 5.91 Å². The van der Waals surface area contributed by atoms with Crippen LogP contribution in [0.25, 0.3) is 0 Å². The van der Waals surface area contributed by atoms with Gasteiger partial charge < -0.3 is 11.1 Å². The number of amides is 1. The Hall–Kier alpha value is -3.14. The van der Waals surface area contributed by atoms with Crippen molar-refractivity contribution in [1.29, 1.82) is 0 Å². The maximum absolute atomic E-state index is 13.2. The lowest BCUT2D eigenvalue weighted by Gasteiger charge is -2.12. The summed E-state index contributed by atoms with van der Waals surface area (Å²) in [7, 11) is 0. The first-order chi connectivity index (χ1) is 17.0. The van der Waals surface area contributed by atoms with Gasteiger partial charge in [-0.25, -0.2) is 0 Å². The number of hydrogen-bond acceptors (Lipinski definition) is 4. The van der Waals surface area contributed by atoms with Gasteiger partial charge in [-0.3, -0.25) is 14.6 Å². The van der Waals surface area contributed by atoms with Crippen LogP contribution in [0.3, 0.4) is 0 Å². The van der Waals surface area contributed by atoms with Crippen molar-refractivity contribution in [1.82, 2.24) is 0 Å². The molecule has 0 fully saturated rings. The van der Waals surface area contributed by atoms with Crippen LogP contribution in [-0.4, -0.2) is 17.9 Å². The molecule has 0 aliphatic carbocycles. The van der Waals surface area contributed by atoms with Crippen LogP contribution in [0.5, 0.6) is 0 Å². The van der Waals surface area contributed by atoms with E-state index < -0.39 is 28.5 Å². The maximum Gasteiger partial charge on any atom is 0.417 e. The van der Waals surface area contributed by atoms with Crippen LogP contribution in [0.2, 0.25) is 5.02 Å². The average molecular weight is 599 g/mol. The summed E-state index contributed by atoms with van der Waals surface area (Å²) in [5.41, 5.74) is 5.74. The fourth-order valence-electron chi connectivity index (χ4n) is 3.09. The monoisotopic (exact) mass is 597 g/mol. The first-order valence-electron chi connectivity index (χ1n) is 10.2. The van der Waals surface area contributed by atoms with Gasteiger partial charge in [0.05, 0.1) is 27.5 Å². The highest BCUT2D eigenvalue weighted by atomic mass is 79.9. The molecule has 0 aliphatic heterocycles. The van der Waals surface area contributed by atoms with Gasteiger partial charge in [-0.1, -0.05) is 39.7 Å². The molecule has 0 atom stereocenters. The second kappa shape index (κ2) is 11.7. The number of hydrogen-bond donors (Lipinski definition) is 2. The SMILES string of the molecule is N/C=C(\C=Nc1ccc(Cl)c(C(F)(F)F)c1)C(=O)c1cc(Br)ccc1NC(=O)c1cccc(CCl)c1. The van der Waals surface area contributed by atoms with E-state index in [-0.39, 0.29) is 28.4 Å². The Morgan fingerprint density at radius 3 is 2.50 bits per heavy atom. The highest BCUT2D eigenvalue weighted by molar-refractivity contribution is 9.10. The minimum Gasteiger partial charge on any atom is -0.404 e. The lowest BCUT2D eigenvalue weighted by atomic mass is 10.0. The van der Waals surface area contributed by atoms with Crippen molar-refractivity contribution in [2.45, 2.75) is 12.1 Å². The number of Topliss-reactive ketones (excluding diaryl/α,β-unsaturated/α-hetero) is 1. The van der Waals surface area contributed by atoms with Gasteiger partial charge in [0.2, 0.25) is 0 Å². The van der Waals surface area contributed by atoms with Crippen LogP contribution in [0.4, 0.5) is 24.5 Å². The Bertz CT molecular complexity index is 1370. The number of halogens is 6. The molecule has 3 aromatic carbocycles. The smallest absolute Gasteiger partial charge is 0.404 e. The number of benzene rings is 3. The van der Waals surface area contributed by atoms with E-state index in [0.29, 0.717) is 10.0 Å². The van der Waals surface area contributed by atoms with Crippen LogP contribution in [-0.2, 0) is 12.1 Å². The van der Waals surface area contributed by atoms with Crippen molar-refractivity contribution in [3.8, 4) is 0 Å². The minimum absolute atomic E-state index is 0.0826. The zero-order valence-corrected chi connectivity index (χ0v) is 21.3. The van der Waals surface area contributed by atoms with E-state index in [1.54, 1.807) is 30.3 Å². The Labute approximate surface area is 222 Å². The Kier molecular flexibility index (Phi) is 8.94. The molecule has 0 saturated carbocycles. The van der Waals surface area contributed by atoms with Crippen LogP contribution < -0.4 is 11.1 Å². The number of allylic oxidation sites excluding steroid dienone is 1. The molecule has 3 aromatic rings. The average Bonchev–Trinajstić information content (AvgIpc) is 2.85. The van der Waals surface area contributed by atoms with Crippen molar-refractivity contribution >= 4 is 68.4 Å². The Balaban J connectivity index is 1.90. The maximum atomic E-state index is 13.2. The summed E-state index contributed by atoms with van der Waals surface area (Å²) in [5.74, 6) is -0.853. The zero-order valence-electron chi connectivity index (χ0n) is 18.2. The lowest BCUT2D eigenvalue weighted by Crippen LogP contribution is -2.16. The van der Waals surface area contributed by atoms with Gasteiger partial charge in [0, 0.05) is 33.9 Å². The molecule has 3 rings (SSSR count). The predicted molar refractivity (Wildman–Crippen MR) is 139 cm³/mol. The number of anilines is 1. The van der Waals surface area contributed by atoms with Crippen molar-refractivity contribution in [3.63, 3.8) is 0 Å². The van der Waals surface area contributed by atoms with Crippen LogP contribution in [0.1, 0.15) is 31.8 Å². The normalized spacial score (nSPS) is 12.1. The van der Waals surface area contributed by atoms with E-state index in [1.807, 2.05) is 0 Å². The number of ketones is 1. The van der Waals surface area contributed by atoms with E-state index in [2.05, 4.69) is 26.2 Å². The van der Waals surface area contributed by atoms with Gasteiger partial charge in [0.1, 0.15) is 0 Å². The lowest BCUT2D eigenvalue weighted by molar-refractivity contribution is -0.137. The third-order valence-electron chi connectivity index (χ3n) is 4.87. The summed E-state index contributed by atoms with van der Waals surface area (Å²) in [4.78, 5) is 30.0. The molecule has 0 heterocycles. The minimum atomic E-state index is -4.67. The largest absolute Gasteiger partial charge is 0.417 e. The molecule has 5 nitrogen and oxygen atoms in total. The van der Waals surface area contributed by atoms with Crippen molar-refractivity contribution in [3.05, 3.63) is 104 Å². The van der Waals surface area contributed by atoms with E-state index in [0.717, 1.165) is 30.1 Å². The number of carbonyl (C=O) groups excluding carboxylic acids is 2. The summed E-state index contributed by atoms with van der Waals surface area (Å²) in [6, 6.07) is 14.4. The summed E-state index contributed by atoms with van der Waals surface area (Å²) in [6.07, 6.45) is -2.65. The molecule has 0 bridgehead atoms. The van der Waals surface area contributed by atoms with Crippen LogP contribution in [0.15, 0.2) is 81.9 Å². The number of nitrogens with two attached hydrogens (primary N) is 1. The third-order valence-corrected chi connectivity index (χ3v) is 6.00. The zero-order chi connectivity index (χ0) is 26.5. The Morgan fingerprint density at radius 1 is 1.08 bits per heavy atom. The molecule has 186 valence electrons. The fraction of sp³-hybridized carbons (Fsp3) is 0.0800.